The summed E-state index contributed by atoms with van der Waals surface area (Å²) in [6.45, 7) is 6.38. The number of nitrogens with one attached hydrogen (secondary N) is 1. The van der Waals surface area contributed by atoms with Gasteiger partial charge in [0.1, 0.15) is 0 Å². The summed E-state index contributed by atoms with van der Waals surface area (Å²) in [6.07, 6.45) is 2.20. The molecule has 0 aliphatic heterocycles. The van der Waals surface area contributed by atoms with E-state index in [-0.39, 0.29) is 31.5 Å². The van der Waals surface area contributed by atoms with Gasteiger partial charge >= 0.3 is 0 Å². The summed E-state index contributed by atoms with van der Waals surface area (Å²) in [4.78, 5) is 11.8. The number of rotatable bonds is 8. The van der Waals surface area contributed by atoms with E-state index in [1.165, 1.54) is 10.6 Å². The van der Waals surface area contributed by atoms with Gasteiger partial charge in [-0.2, -0.15) is 4.31 Å². The molecule has 0 aliphatic carbocycles. The highest BCUT2D eigenvalue weighted by Gasteiger charge is 2.18. The molecule has 0 radical (unpaired) electrons. The Hall–Kier alpha value is -1.40. The lowest BCUT2D eigenvalue weighted by Gasteiger charge is -2.20. The molecule has 0 heterocycles. The molecule has 0 saturated carbocycles. The molecule has 1 amide bonds. The Morgan fingerprint density at radius 2 is 1.86 bits per heavy atom. The van der Waals surface area contributed by atoms with E-state index in [9.17, 15) is 13.2 Å². The van der Waals surface area contributed by atoms with Crippen molar-refractivity contribution in [3.05, 3.63) is 35.4 Å². The molecule has 0 saturated heterocycles. The molecule has 0 bridgehead atoms. The Balaban J connectivity index is 2.66. The van der Waals surface area contributed by atoms with Gasteiger partial charge in [-0.25, -0.2) is 8.42 Å². The molecule has 0 aromatic heterocycles. The molecule has 0 spiro atoms. The van der Waals surface area contributed by atoms with Crippen molar-refractivity contribution in [3.63, 3.8) is 0 Å². The van der Waals surface area contributed by atoms with Crippen molar-refractivity contribution in [2.75, 3.05) is 12.8 Å². The topological polar surface area (TPSA) is 66.5 Å². The Kier molecular flexibility index (Phi) is 7.03. The average molecular weight is 326 g/mol. The Morgan fingerprint density at radius 1 is 1.27 bits per heavy atom. The van der Waals surface area contributed by atoms with Crippen molar-refractivity contribution in [2.24, 2.45) is 0 Å². The van der Waals surface area contributed by atoms with Crippen molar-refractivity contribution in [1.82, 2.24) is 9.62 Å². The Bertz CT molecular complexity index is 582. The first kappa shape index (κ1) is 18.6. The minimum atomic E-state index is -3.35. The van der Waals surface area contributed by atoms with E-state index in [2.05, 4.69) is 5.32 Å². The van der Waals surface area contributed by atoms with Crippen LogP contribution < -0.4 is 5.32 Å². The molecular weight excluding hydrogens is 300 g/mol. The number of sulfonamides is 1. The monoisotopic (exact) mass is 326 g/mol. The van der Waals surface area contributed by atoms with Crippen LogP contribution in [0.1, 0.15) is 37.8 Å². The van der Waals surface area contributed by atoms with E-state index in [4.69, 9.17) is 0 Å². The predicted octanol–water partition coefficient (Wildman–Crippen LogP) is 2.06. The zero-order valence-corrected chi connectivity index (χ0v) is 14.6. The number of amides is 1. The smallest absolute Gasteiger partial charge is 0.221 e. The van der Waals surface area contributed by atoms with Crippen LogP contribution in [0.25, 0.3) is 0 Å². The molecule has 1 rings (SSSR count). The van der Waals surface area contributed by atoms with E-state index < -0.39 is 10.0 Å². The van der Waals surface area contributed by atoms with Gasteiger partial charge < -0.3 is 5.32 Å². The summed E-state index contributed by atoms with van der Waals surface area (Å²) in [5, 5.41) is 2.85. The van der Waals surface area contributed by atoms with Gasteiger partial charge in [0.25, 0.3) is 0 Å². The fourth-order valence-electron chi connectivity index (χ4n) is 1.93. The molecule has 1 atom stereocenters. The van der Waals surface area contributed by atoms with Crippen molar-refractivity contribution in [2.45, 2.75) is 46.2 Å². The van der Waals surface area contributed by atoms with Crippen molar-refractivity contribution in [3.8, 4) is 0 Å². The fraction of sp³-hybridized carbons (Fsp3) is 0.562. The van der Waals surface area contributed by atoms with Crippen LogP contribution in [0, 0.1) is 6.92 Å². The first-order chi connectivity index (χ1) is 10.2. The summed E-state index contributed by atoms with van der Waals surface area (Å²) in [5.74, 6) is -0.119. The normalized spacial score (nSPS) is 13.1. The zero-order chi connectivity index (χ0) is 16.8. The van der Waals surface area contributed by atoms with E-state index in [1.807, 2.05) is 45.0 Å². The standard InChI is InChI=1S/C16H26N2O3S/c1-5-14(3)17-16(19)10-11-18(22(4,20)21)12-15-8-6-13(2)7-9-15/h6-9,14H,5,10-12H2,1-4H3,(H,17,19). The lowest BCUT2D eigenvalue weighted by Crippen LogP contribution is -2.37. The summed E-state index contributed by atoms with van der Waals surface area (Å²) in [7, 11) is -3.35. The summed E-state index contributed by atoms with van der Waals surface area (Å²) < 4.78 is 25.1. The molecular formula is C16H26N2O3S. The number of carbonyl (C=O) groups excluding carboxylic acids is 1. The number of aryl methyl sites for hydroxylation is 1. The molecule has 1 aromatic carbocycles. The van der Waals surface area contributed by atoms with Crippen molar-refractivity contribution >= 4 is 15.9 Å². The highest BCUT2D eigenvalue weighted by atomic mass is 32.2. The maximum absolute atomic E-state index is 11.9. The number of benzene rings is 1. The molecule has 1 aromatic rings. The lowest BCUT2D eigenvalue weighted by atomic mass is 10.1. The van der Waals surface area contributed by atoms with E-state index >= 15 is 0 Å². The minimum absolute atomic E-state index is 0.108. The summed E-state index contributed by atoms with van der Waals surface area (Å²) in [6, 6.07) is 7.83. The molecule has 0 aliphatic rings. The number of hydrogen-bond acceptors (Lipinski definition) is 3. The van der Waals surface area contributed by atoms with Crippen molar-refractivity contribution < 1.29 is 13.2 Å². The zero-order valence-electron chi connectivity index (χ0n) is 13.8. The second-order valence-electron chi connectivity index (χ2n) is 5.71. The summed E-state index contributed by atoms with van der Waals surface area (Å²) >= 11 is 0. The molecule has 1 unspecified atom stereocenters. The van der Waals surface area contributed by atoms with Gasteiger partial charge in [-0.15, -0.1) is 0 Å². The van der Waals surface area contributed by atoms with Crippen LogP contribution in [-0.4, -0.2) is 37.5 Å². The maximum Gasteiger partial charge on any atom is 0.221 e. The second kappa shape index (κ2) is 8.29. The fourth-order valence-corrected chi connectivity index (χ4v) is 2.74. The third-order valence-corrected chi connectivity index (χ3v) is 4.81. The van der Waals surface area contributed by atoms with Crippen LogP contribution in [0.2, 0.25) is 0 Å². The Labute approximate surface area is 133 Å². The van der Waals surface area contributed by atoms with Crippen LogP contribution in [0.5, 0.6) is 0 Å². The number of nitrogens with zero attached hydrogens (tertiary/aromatic N) is 1. The first-order valence-electron chi connectivity index (χ1n) is 7.52. The van der Waals surface area contributed by atoms with Crippen LogP contribution in [-0.2, 0) is 21.4 Å². The van der Waals surface area contributed by atoms with Gasteiger partial charge in [0, 0.05) is 25.6 Å². The largest absolute Gasteiger partial charge is 0.354 e. The predicted molar refractivity (Wildman–Crippen MR) is 88.9 cm³/mol. The van der Waals surface area contributed by atoms with Gasteiger partial charge in [-0.1, -0.05) is 36.8 Å². The van der Waals surface area contributed by atoms with Gasteiger partial charge in [-0.3, -0.25) is 4.79 Å². The van der Waals surface area contributed by atoms with Gasteiger partial charge in [-0.05, 0) is 25.8 Å². The van der Waals surface area contributed by atoms with Gasteiger partial charge in [0.05, 0.1) is 6.26 Å². The maximum atomic E-state index is 11.9. The lowest BCUT2D eigenvalue weighted by molar-refractivity contribution is -0.121. The van der Waals surface area contributed by atoms with Crippen LogP contribution in [0.4, 0.5) is 0 Å². The van der Waals surface area contributed by atoms with Gasteiger partial charge in [0.15, 0.2) is 0 Å². The molecule has 6 heteroatoms. The average Bonchev–Trinajstić information content (AvgIpc) is 2.44. The molecule has 5 nitrogen and oxygen atoms in total. The quantitative estimate of drug-likeness (QED) is 0.795. The second-order valence-corrected chi connectivity index (χ2v) is 7.69. The van der Waals surface area contributed by atoms with Crippen LogP contribution >= 0.6 is 0 Å². The van der Waals surface area contributed by atoms with Gasteiger partial charge in [0.2, 0.25) is 15.9 Å². The first-order valence-corrected chi connectivity index (χ1v) is 9.37. The number of hydrogen-bond donors (Lipinski definition) is 1. The highest BCUT2D eigenvalue weighted by Crippen LogP contribution is 2.10. The van der Waals surface area contributed by atoms with Crippen molar-refractivity contribution in [1.29, 1.82) is 0 Å². The third-order valence-electron chi connectivity index (χ3n) is 3.56. The highest BCUT2D eigenvalue weighted by molar-refractivity contribution is 7.88. The van der Waals surface area contributed by atoms with Crippen LogP contribution in [0.15, 0.2) is 24.3 Å². The molecule has 1 N–H and O–H groups in total. The summed E-state index contributed by atoms with van der Waals surface area (Å²) in [5.41, 5.74) is 2.04. The number of carbonyl (C=O) groups is 1. The molecule has 22 heavy (non-hydrogen) atoms. The molecule has 0 fully saturated rings. The van der Waals surface area contributed by atoms with E-state index in [0.717, 1.165) is 17.5 Å². The van der Waals surface area contributed by atoms with E-state index in [0.29, 0.717) is 0 Å². The third kappa shape index (κ3) is 6.58. The van der Waals surface area contributed by atoms with E-state index in [1.54, 1.807) is 0 Å². The molecule has 124 valence electrons. The Morgan fingerprint density at radius 3 is 2.36 bits per heavy atom. The van der Waals surface area contributed by atoms with Crippen LogP contribution in [0.3, 0.4) is 0 Å². The SMILES string of the molecule is CCC(C)NC(=O)CCN(Cc1ccc(C)cc1)S(C)(=O)=O. The minimum Gasteiger partial charge on any atom is -0.354 e.